The third-order valence-electron chi connectivity index (χ3n) is 12.2. The minimum absolute atomic E-state index is 0.0466. The van der Waals surface area contributed by atoms with Crippen LogP contribution in [0.1, 0.15) is 26.3 Å². The van der Waals surface area contributed by atoms with E-state index in [4.69, 9.17) is 0 Å². The lowest BCUT2D eigenvalue weighted by atomic mass is 9.65. The summed E-state index contributed by atoms with van der Waals surface area (Å²) in [6.07, 6.45) is 0. The fourth-order valence-electron chi connectivity index (χ4n) is 8.41. The van der Waals surface area contributed by atoms with Crippen LogP contribution in [0, 0.1) is 0 Å². The van der Waals surface area contributed by atoms with Gasteiger partial charge in [-0.3, -0.25) is 0 Å². The largest absolute Gasteiger partial charge is 0.509 e. The van der Waals surface area contributed by atoms with E-state index < -0.39 is 0 Å². The van der Waals surface area contributed by atoms with Crippen molar-refractivity contribution in [2.75, 3.05) is 0 Å². The molecule has 2 aromatic heterocycles. The standard InChI is InChI=1S/C34H39B11N2O/c1-34(2,3)11-5-4-6-12(9-11)46-15-8-7-13(10-14(15)16-19(35)22(38)24(40)26(42)30(16)46)47-31-17(20(36)23(39)25(41)27(31)43)18-21(37)33(48)29(45)28(44)32(18)47/h4-10,48H,35-45H2,1-3H3. The highest BCUT2D eigenvalue weighted by Gasteiger charge is 2.26. The zero-order valence-corrected chi connectivity index (χ0v) is 31.4. The lowest BCUT2D eigenvalue weighted by molar-refractivity contribution is 0.485. The molecule has 0 saturated carbocycles. The monoisotopic (exact) mass is 612 g/mol. The summed E-state index contributed by atoms with van der Waals surface area (Å²) >= 11 is 0. The van der Waals surface area contributed by atoms with Crippen LogP contribution < -0.4 is 60.1 Å². The molecule has 2 heterocycles. The van der Waals surface area contributed by atoms with Crippen molar-refractivity contribution in [1.29, 1.82) is 0 Å². The van der Waals surface area contributed by atoms with Crippen LogP contribution in [0.15, 0.2) is 42.5 Å². The van der Waals surface area contributed by atoms with Gasteiger partial charge in [-0.2, -0.15) is 0 Å². The predicted molar refractivity (Wildman–Crippen MR) is 245 cm³/mol. The quantitative estimate of drug-likeness (QED) is 0.194. The molecule has 0 radical (unpaired) electrons. The third kappa shape index (κ3) is 4.29. The molecule has 0 saturated heterocycles. The molecule has 0 aliphatic rings. The molecule has 0 unspecified atom stereocenters. The second-order valence-corrected chi connectivity index (χ2v) is 15.6. The maximum absolute atomic E-state index is 11.3. The second-order valence-electron chi connectivity index (χ2n) is 15.6. The first-order chi connectivity index (χ1) is 22.5. The van der Waals surface area contributed by atoms with Crippen molar-refractivity contribution in [3.05, 3.63) is 48.0 Å². The number of hydrogen-bond donors (Lipinski definition) is 1. The van der Waals surface area contributed by atoms with E-state index >= 15 is 0 Å². The number of hydrogen-bond acceptors (Lipinski definition) is 1. The van der Waals surface area contributed by atoms with E-state index in [1.807, 2.05) is 0 Å². The molecule has 0 aliphatic heterocycles. The molecule has 1 N–H and O–H groups in total. The van der Waals surface area contributed by atoms with Crippen molar-refractivity contribution < 1.29 is 5.11 Å². The third-order valence-corrected chi connectivity index (χ3v) is 12.2. The first-order valence-electron chi connectivity index (χ1n) is 17.4. The molecule has 0 amide bonds. The summed E-state index contributed by atoms with van der Waals surface area (Å²) in [4.78, 5) is 0. The van der Waals surface area contributed by atoms with Crippen LogP contribution in [0.3, 0.4) is 0 Å². The Morgan fingerprint density at radius 1 is 0.479 bits per heavy atom. The topological polar surface area (TPSA) is 30.1 Å². The van der Waals surface area contributed by atoms with Gasteiger partial charge in [0.1, 0.15) is 92.1 Å². The first kappa shape index (κ1) is 32.7. The molecule has 0 fully saturated rings. The molecule has 0 spiro atoms. The molecule has 0 atom stereocenters. The van der Waals surface area contributed by atoms with Gasteiger partial charge in [-0.1, -0.05) is 76.6 Å². The summed E-state index contributed by atoms with van der Waals surface area (Å²) in [5, 5.41) is 16.4. The molecule has 3 nitrogen and oxygen atoms in total. The van der Waals surface area contributed by atoms with Gasteiger partial charge >= 0.3 is 0 Å². The zero-order chi connectivity index (χ0) is 34.9. The van der Waals surface area contributed by atoms with Crippen LogP contribution in [-0.2, 0) is 5.41 Å². The van der Waals surface area contributed by atoms with Gasteiger partial charge in [0.05, 0.1) is 5.52 Å². The van der Waals surface area contributed by atoms with Gasteiger partial charge in [0.25, 0.3) is 0 Å². The summed E-state index contributed by atoms with van der Waals surface area (Å²) in [6.45, 7) is 6.87. The number of benzene rings is 5. The Hall–Kier alpha value is -3.79. The molecule has 224 valence electrons. The van der Waals surface area contributed by atoms with E-state index in [2.05, 4.69) is 159 Å². The van der Waals surface area contributed by atoms with Crippen molar-refractivity contribution in [3.63, 3.8) is 0 Å². The Bertz CT molecular complexity index is 2500. The van der Waals surface area contributed by atoms with E-state index in [1.54, 1.807) is 0 Å². The van der Waals surface area contributed by atoms with E-state index in [-0.39, 0.29) is 5.41 Å². The minimum Gasteiger partial charge on any atom is -0.509 e. The summed E-state index contributed by atoms with van der Waals surface area (Å²) in [7, 11) is 24.4. The Morgan fingerprint density at radius 3 is 1.54 bits per heavy atom. The number of aromatic nitrogens is 2. The van der Waals surface area contributed by atoms with Gasteiger partial charge in [-0.15, -0.1) is 10.9 Å². The van der Waals surface area contributed by atoms with E-state index in [9.17, 15) is 5.11 Å². The lowest BCUT2D eigenvalue weighted by Gasteiger charge is -2.21. The van der Waals surface area contributed by atoms with E-state index in [0.29, 0.717) is 5.75 Å². The van der Waals surface area contributed by atoms with Crippen molar-refractivity contribution in [1.82, 2.24) is 9.13 Å². The lowest BCUT2D eigenvalue weighted by Crippen LogP contribution is -2.48. The molecule has 48 heavy (non-hydrogen) atoms. The van der Waals surface area contributed by atoms with Crippen molar-refractivity contribution in [2.45, 2.75) is 26.2 Å². The van der Waals surface area contributed by atoms with Crippen molar-refractivity contribution in [2.24, 2.45) is 0 Å². The van der Waals surface area contributed by atoms with Gasteiger partial charge in [-0.05, 0) is 52.2 Å². The van der Waals surface area contributed by atoms with Crippen molar-refractivity contribution in [3.8, 4) is 17.1 Å². The summed E-state index contributed by atoms with van der Waals surface area (Å²) < 4.78 is 5.01. The number of rotatable bonds is 2. The number of phenolic OH excluding ortho intramolecular Hbond substituents is 1. The van der Waals surface area contributed by atoms with Crippen LogP contribution in [0.4, 0.5) is 0 Å². The first-order valence-corrected chi connectivity index (χ1v) is 17.4. The molecule has 7 aromatic rings. The molecule has 14 heteroatoms. The fraction of sp³-hybridized carbons (Fsp3) is 0.118. The Balaban J connectivity index is 1.70. The van der Waals surface area contributed by atoms with Gasteiger partial charge in [0.2, 0.25) is 0 Å². The van der Waals surface area contributed by atoms with Crippen LogP contribution in [0.2, 0.25) is 0 Å². The van der Waals surface area contributed by atoms with Gasteiger partial charge in [0.15, 0.2) is 0 Å². The molecular weight excluding hydrogens is 571 g/mol. The van der Waals surface area contributed by atoms with Gasteiger partial charge in [-0.25, -0.2) is 0 Å². The highest BCUT2D eigenvalue weighted by Crippen LogP contribution is 2.35. The fourth-order valence-corrected chi connectivity index (χ4v) is 8.41. The Morgan fingerprint density at radius 2 is 0.958 bits per heavy atom. The van der Waals surface area contributed by atoms with Crippen molar-refractivity contribution >= 4 is 190 Å². The number of aromatic hydroxyl groups is 1. The molecule has 0 bridgehead atoms. The van der Waals surface area contributed by atoms with Gasteiger partial charge < -0.3 is 14.2 Å². The molecule has 0 aliphatic carbocycles. The molecular formula is C34H39B11N2O. The number of fused-ring (bicyclic) bond motifs is 6. The SMILES string of the molecule is Bc1c(B)c(B)c2c(c1B)c1cc(-n3c4c(B)c(B)c(B)c(B)c4c4c(B)c(O)c(B)c(B)c43)ccc1n2-c1cccc(C(C)(C)C)c1. The summed E-state index contributed by atoms with van der Waals surface area (Å²) in [5.74, 6) is 0.405. The summed E-state index contributed by atoms with van der Waals surface area (Å²) in [6, 6.07) is 16.2. The Labute approximate surface area is 294 Å². The summed E-state index contributed by atoms with van der Waals surface area (Å²) in [5.41, 5.74) is 22.3. The molecule has 7 rings (SSSR count). The molecule has 5 aromatic carbocycles. The van der Waals surface area contributed by atoms with Crippen LogP contribution >= 0.6 is 0 Å². The predicted octanol–water partition coefficient (Wildman–Crippen LogP) is -10.3. The maximum atomic E-state index is 11.3. The van der Waals surface area contributed by atoms with E-state index in [1.165, 1.54) is 93.2 Å². The Kier molecular flexibility index (Phi) is 7.41. The van der Waals surface area contributed by atoms with Crippen LogP contribution in [0.25, 0.3) is 55.0 Å². The highest BCUT2D eigenvalue weighted by atomic mass is 16.3. The minimum atomic E-state index is 0.0466. The van der Waals surface area contributed by atoms with Crippen LogP contribution in [-0.4, -0.2) is 101 Å². The second kappa shape index (κ2) is 10.9. The van der Waals surface area contributed by atoms with Crippen LogP contribution in [0.5, 0.6) is 5.75 Å². The van der Waals surface area contributed by atoms with Gasteiger partial charge in [0, 0.05) is 44.1 Å². The normalized spacial score (nSPS) is 12.2. The average Bonchev–Trinajstić information content (AvgIpc) is 3.60. The zero-order valence-electron chi connectivity index (χ0n) is 31.4. The average molecular weight is 611 g/mol. The van der Waals surface area contributed by atoms with E-state index in [0.717, 1.165) is 27.5 Å². The number of nitrogens with zero attached hydrogens (tertiary/aromatic N) is 2. The highest BCUT2D eigenvalue weighted by molar-refractivity contribution is 6.70. The smallest absolute Gasteiger partial charge is 0.145 e. The maximum Gasteiger partial charge on any atom is 0.145 e. The number of phenols is 1.